The fourth-order valence-corrected chi connectivity index (χ4v) is 4.23. The van der Waals surface area contributed by atoms with Crippen molar-refractivity contribution in [3.8, 4) is 5.75 Å². The predicted octanol–water partition coefficient (Wildman–Crippen LogP) is 5.89. The summed E-state index contributed by atoms with van der Waals surface area (Å²) in [6, 6.07) is 23.7. The standard InChI is InChI=1S/C28H30BrClN2O3/c1-20(2)17-31-28(34)25(16-21-9-4-3-5-10-21)32(18-22-11-8-12-23(29)15-22)27(33)19-35-26-14-7-6-13-24(26)30/h3-15,20,25H,16-19H2,1-2H3,(H,31,34)/t25-/m0/s1. The third-order valence-corrected chi connectivity index (χ3v) is 6.19. The lowest BCUT2D eigenvalue weighted by atomic mass is 10.0. The largest absolute Gasteiger partial charge is 0.482 e. The van der Waals surface area contributed by atoms with Crippen LogP contribution >= 0.6 is 27.5 Å². The van der Waals surface area contributed by atoms with E-state index >= 15 is 0 Å². The highest BCUT2D eigenvalue weighted by molar-refractivity contribution is 9.10. The van der Waals surface area contributed by atoms with Gasteiger partial charge in [0.15, 0.2) is 6.61 Å². The molecule has 7 heteroatoms. The van der Waals surface area contributed by atoms with Gasteiger partial charge in [-0.2, -0.15) is 0 Å². The van der Waals surface area contributed by atoms with Crippen LogP contribution in [0.3, 0.4) is 0 Å². The minimum atomic E-state index is -0.711. The first-order valence-electron chi connectivity index (χ1n) is 11.6. The highest BCUT2D eigenvalue weighted by atomic mass is 79.9. The number of rotatable bonds is 11. The molecule has 0 aliphatic carbocycles. The number of ether oxygens (including phenoxy) is 1. The van der Waals surface area contributed by atoms with E-state index in [1.807, 2.05) is 68.4 Å². The van der Waals surface area contributed by atoms with Gasteiger partial charge in [0.25, 0.3) is 5.91 Å². The van der Waals surface area contributed by atoms with Crippen molar-refractivity contribution in [3.63, 3.8) is 0 Å². The molecule has 3 rings (SSSR count). The van der Waals surface area contributed by atoms with Crippen LogP contribution in [0.2, 0.25) is 5.02 Å². The number of nitrogens with zero attached hydrogens (tertiary/aromatic N) is 1. The van der Waals surface area contributed by atoms with Gasteiger partial charge in [0, 0.05) is 24.0 Å². The van der Waals surface area contributed by atoms with E-state index in [1.54, 1.807) is 29.2 Å². The Labute approximate surface area is 220 Å². The quantitative estimate of drug-likeness (QED) is 0.320. The Bertz CT molecular complexity index is 1120. The molecule has 0 bridgehead atoms. The highest BCUT2D eigenvalue weighted by Gasteiger charge is 2.31. The summed E-state index contributed by atoms with van der Waals surface area (Å²) in [4.78, 5) is 28.6. The van der Waals surface area contributed by atoms with Gasteiger partial charge in [0.2, 0.25) is 5.91 Å². The molecule has 1 atom stereocenters. The van der Waals surface area contributed by atoms with E-state index in [1.165, 1.54) is 0 Å². The topological polar surface area (TPSA) is 58.6 Å². The zero-order valence-corrected chi connectivity index (χ0v) is 22.3. The SMILES string of the molecule is CC(C)CNC(=O)[C@H](Cc1ccccc1)N(Cc1cccc(Br)c1)C(=O)COc1ccccc1Cl. The van der Waals surface area contributed by atoms with Gasteiger partial charge < -0.3 is 15.0 Å². The summed E-state index contributed by atoms with van der Waals surface area (Å²) in [6.45, 7) is 4.62. The van der Waals surface area contributed by atoms with E-state index in [9.17, 15) is 9.59 Å². The molecule has 0 radical (unpaired) electrons. The van der Waals surface area contributed by atoms with Gasteiger partial charge in [-0.25, -0.2) is 0 Å². The van der Waals surface area contributed by atoms with E-state index in [2.05, 4.69) is 21.2 Å². The predicted molar refractivity (Wildman–Crippen MR) is 143 cm³/mol. The monoisotopic (exact) mass is 556 g/mol. The van der Waals surface area contributed by atoms with Crippen molar-refractivity contribution < 1.29 is 14.3 Å². The molecule has 35 heavy (non-hydrogen) atoms. The fraction of sp³-hybridized carbons (Fsp3) is 0.286. The molecule has 0 saturated carbocycles. The van der Waals surface area contributed by atoms with Crippen molar-refractivity contribution in [2.75, 3.05) is 13.2 Å². The molecular formula is C28H30BrClN2O3. The lowest BCUT2D eigenvalue weighted by molar-refractivity contribution is -0.142. The first-order valence-corrected chi connectivity index (χ1v) is 12.7. The number of carbonyl (C=O) groups excluding carboxylic acids is 2. The average molecular weight is 558 g/mol. The minimum Gasteiger partial charge on any atom is -0.482 e. The number of halogens is 2. The maximum absolute atomic E-state index is 13.6. The number of para-hydroxylation sites is 1. The summed E-state index contributed by atoms with van der Waals surface area (Å²) >= 11 is 9.70. The number of hydrogen-bond acceptors (Lipinski definition) is 3. The Morgan fingerprint density at radius 1 is 0.971 bits per heavy atom. The molecule has 0 spiro atoms. The molecule has 3 aromatic carbocycles. The molecule has 0 heterocycles. The Kier molecular flexibility index (Phi) is 10.2. The number of benzene rings is 3. The molecule has 184 valence electrons. The molecule has 0 saturated heterocycles. The van der Waals surface area contributed by atoms with Gasteiger partial charge >= 0.3 is 0 Å². The Morgan fingerprint density at radius 3 is 2.34 bits per heavy atom. The fourth-order valence-electron chi connectivity index (χ4n) is 3.59. The van der Waals surface area contributed by atoms with Crippen LogP contribution in [-0.2, 0) is 22.6 Å². The van der Waals surface area contributed by atoms with E-state index in [0.29, 0.717) is 23.7 Å². The molecular weight excluding hydrogens is 528 g/mol. The number of nitrogens with one attached hydrogen (secondary N) is 1. The summed E-state index contributed by atoms with van der Waals surface area (Å²) in [5.41, 5.74) is 1.87. The van der Waals surface area contributed by atoms with Gasteiger partial charge in [0.05, 0.1) is 5.02 Å². The zero-order valence-electron chi connectivity index (χ0n) is 19.9. The van der Waals surface area contributed by atoms with Crippen LogP contribution in [-0.4, -0.2) is 35.9 Å². The van der Waals surface area contributed by atoms with Crippen LogP contribution in [0.25, 0.3) is 0 Å². The molecule has 2 amide bonds. The second-order valence-electron chi connectivity index (χ2n) is 8.72. The van der Waals surface area contributed by atoms with E-state index < -0.39 is 6.04 Å². The minimum absolute atomic E-state index is 0.191. The third kappa shape index (κ3) is 8.41. The van der Waals surface area contributed by atoms with Crippen molar-refractivity contribution in [2.24, 2.45) is 5.92 Å². The molecule has 0 aliphatic rings. The molecule has 0 aliphatic heterocycles. The van der Waals surface area contributed by atoms with Gasteiger partial charge in [-0.1, -0.05) is 96.0 Å². The maximum atomic E-state index is 13.6. The van der Waals surface area contributed by atoms with Crippen molar-refractivity contribution in [1.82, 2.24) is 10.2 Å². The van der Waals surface area contributed by atoms with Crippen LogP contribution in [0, 0.1) is 5.92 Å². The van der Waals surface area contributed by atoms with Gasteiger partial charge in [0.1, 0.15) is 11.8 Å². The first-order chi connectivity index (χ1) is 16.8. The lowest BCUT2D eigenvalue weighted by Crippen LogP contribution is -2.52. The molecule has 0 unspecified atom stereocenters. The van der Waals surface area contributed by atoms with Crippen molar-refractivity contribution in [3.05, 3.63) is 99.5 Å². The summed E-state index contributed by atoms with van der Waals surface area (Å²) in [5.74, 6) is 0.220. The number of carbonyl (C=O) groups is 2. The van der Waals surface area contributed by atoms with E-state index in [4.69, 9.17) is 16.3 Å². The van der Waals surface area contributed by atoms with Gasteiger partial charge in [-0.3, -0.25) is 9.59 Å². The zero-order chi connectivity index (χ0) is 25.2. The maximum Gasteiger partial charge on any atom is 0.261 e. The summed E-state index contributed by atoms with van der Waals surface area (Å²) in [5, 5.41) is 3.44. The summed E-state index contributed by atoms with van der Waals surface area (Å²) < 4.78 is 6.66. The van der Waals surface area contributed by atoms with Crippen LogP contribution in [0.5, 0.6) is 5.75 Å². The molecule has 5 nitrogen and oxygen atoms in total. The van der Waals surface area contributed by atoms with Crippen molar-refractivity contribution in [2.45, 2.75) is 32.9 Å². The number of amides is 2. The second kappa shape index (κ2) is 13.3. The van der Waals surface area contributed by atoms with Crippen LogP contribution in [0.15, 0.2) is 83.3 Å². The number of hydrogen-bond donors (Lipinski definition) is 1. The third-order valence-electron chi connectivity index (χ3n) is 5.39. The van der Waals surface area contributed by atoms with Crippen LogP contribution in [0.4, 0.5) is 0 Å². The van der Waals surface area contributed by atoms with Crippen molar-refractivity contribution in [1.29, 1.82) is 0 Å². The van der Waals surface area contributed by atoms with E-state index in [-0.39, 0.29) is 30.9 Å². The van der Waals surface area contributed by atoms with Crippen LogP contribution in [0.1, 0.15) is 25.0 Å². The van der Waals surface area contributed by atoms with Crippen molar-refractivity contribution >= 4 is 39.3 Å². The molecule has 3 aromatic rings. The Hall–Kier alpha value is -2.83. The van der Waals surface area contributed by atoms with Gasteiger partial charge in [-0.15, -0.1) is 0 Å². The molecule has 0 fully saturated rings. The summed E-state index contributed by atoms with van der Waals surface area (Å²) in [7, 11) is 0. The normalized spacial score (nSPS) is 11.7. The highest BCUT2D eigenvalue weighted by Crippen LogP contribution is 2.24. The molecule has 0 aromatic heterocycles. The first kappa shape index (κ1) is 26.8. The van der Waals surface area contributed by atoms with Gasteiger partial charge in [-0.05, 0) is 41.3 Å². The Balaban J connectivity index is 1.91. The van der Waals surface area contributed by atoms with E-state index in [0.717, 1.165) is 15.6 Å². The smallest absolute Gasteiger partial charge is 0.261 e. The average Bonchev–Trinajstić information content (AvgIpc) is 2.84. The summed E-state index contributed by atoms with van der Waals surface area (Å²) in [6.07, 6.45) is 0.386. The Morgan fingerprint density at radius 2 is 1.66 bits per heavy atom. The molecule has 1 N–H and O–H groups in total. The lowest BCUT2D eigenvalue weighted by Gasteiger charge is -2.31. The second-order valence-corrected chi connectivity index (χ2v) is 10.0. The van der Waals surface area contributed by atoms with Crippen LogP contribution < -0.4 is 10.1 Å².